The standard InChI is InChI=1S/C26H36ClN3O4S/c1-5-20(3)28-26(32)24(6-2)30(19-21-14-16-22(27)17-15-21)25(31)13-10-18-29(4)35(33,34)23-11-8-7-9-12-23/h7-9,11-12,14-17,20,24H,5-6,10,13,18-19H2,1-4H3,(H,28,32)/t20-,24-/m0/s1. The molecule has 192 valence electrons. The maximum Gasteiger partial charge on any atom is 0.243 e. The summed E-state index contributed by atoms with van der Waals surface area (Å²) in [6.07, 6.45) is 1.71. The third kappa shape index (κ3) is 8.33. The van der Waals surface area contributed by atoms with Crippen molar-refractivity contribution in [2.75, 3.05) is 13.6 Å². The molecule has 0 unspecified atom stereocenters. The summed E-state index contributed by atoms with van der Waals surface area (Å²) in [7, 11) is -2.12. The molecule has 2 amide bonds. The van der Waals surface area contributed by atoms with E-state index in [1.165, 1.54) is 11.4 Å². The summed E-state index contributed by atoms with van der Waals surface area (Å²) in [4.78, 5) is 28.1. The lowest BCUT2D eigenvalue weighted by atomic mass is 10.1. The number of nitrogens with one attached hydrogen (secondary N) is 1. The summed E-state index contributed by atoms with van der Waals surface area (Å²) < 4.78 is 26.8. The average Bonchev–Trinajstić information content (AvgIpc) is 2.85. The van der Waals surface area contributed by atoms with Gasteiger partial charge < -0.3 is 10.2 Å². The summed E-state index contributed by atoms with van der Waals surface area (Å²) in [6, 6.07) is 14.8. The molecule has 2 aromatic rings. The Balaban J connectivity index is 2.13. The van der Waals surface area contributed by atoms with Crippen LogP contribution in [0.5, 0.6) is 0 Å². The molecular formula is C26H36ClN3O4S. The fraction of sp³-hybridized carbons (Fsp3) is 0.462. The predicted molar refractivity (Wildman–Crippen MR) is 139 cm³/mol. The van der Waals surface area contributed by atoms with Crippen LogP contribution in [0.25, 0.3) is 0 Å². The zero-order chi connectivity index (χ0) is 26.0. The molecule has 0 aromatic heterocycles. The van der Waals surface area contributed by atoms with Crippen molar-refractivity contribution < 1.29 is 18.0 Å². The van der Waals surface area contributed by atoms with E-state index in [1.54, 1.807) is 47.4 Å². The van der Waals surface area contributed by atoms with Crippen LogP contribution >= 0.6 is 11.6 Å². The number of carbonyl (C=O) groups is 2. The molecule has 0 heterocycles. The maximum absolute atomic E-state index is 13.3. The number of hydrogen-bond donors (Lipinski definition) is 1. The summed E-state index contributed by atoms with van der Waals surface area (Å²) >= 11 is 6.01. The Bertz CT molecular complexity index is 1060. The van der Waals surface area contributed by atoms with Crippen LogP contribution in [0.4, 0.5) is 0 Å². The number of rotatable bonds is 13. The highest BCUT2D eigenvalue weighted by molar-refractivity contribution is 7.89. The van der Waals surface area contributed by atoms with Crippen LogP contribution < -0.4 is 5.32 Å². The summed E-state index contributed by atoms with van der Waals surface area (Å²) in [6.45, 7) is 6.25. The molecule has 0 aliphatic carbocycles. The number of amides is 2. The SMILES string of the molecule is CC[C@H](C)NC(=O)[C@H](CC)N(Cc1ccc(Cl)cc1)C(=O)CCCN(C)S(=O)(=O)c1ccccc1. The van der Waals surface area contributed by atoms with E-state index >= 15 is 0 Å². The van der Waals surface area contributed by atoms with Crippen LogP contribution in [0.3, 0.4) is 0 Å². The van der Waals surface area contributed by atoms with Gasteiger partial charge in [0.2, 0.25) is 21.8 Å². The number of sulfonamides is 1. The van der Waals surface area contributed by atoms with Gasteiger partial charge in [-0.1, -0.05) is 55.8 Å². The highest BCUT2D eigenvalue weighted by Gasteiger charge is 2.29. The second-order valence-electron chi connectivity index (χ2n) is 8.63. The van der Waals surface area contributed by atoms with E-state index in [2.05, 4.69) is 5.32 Å². The topological polar surface area (TPSA) is 86.8 Å². The Kier molecular flexibility index (Phi) is 11.2. The molecule has 0 saturated heterocycles. The minimum atomic E-state index is -3.63. The van der Waals surface area contributed by atoms with Crippen LogP contribution in [0.2, 0.25) is 5.02 Å². The number of hydrogen-bond acceptors (Lipinski definition) is 4. The quantitative estimate of drug-likeness (QED) is 0.421. The first-order valence-corrected chi connectivity index (χ1v) is 13.8. The number of benzene rings is 2. The molecule has 0 radical (unpaired) electrons. The van der Waals surface area contributed by atoms with Crippen LogP contribution in [-0.4, -0.2) is 55.1 Å². The zero-order valence-corrected chi connectivity index (χ0v) is 22.5. The monoisotopic (exact) mass is 521 g/mol. The molecule has 2 rings (SSSR count). The van der Waals surface area contributed by atoms with Gasteiger partial charge in [-0.25, -0.2) is 12.7 Å². The molecule has 1 N–H and O–H groups in total. The molecule has 0 fully saturated rings. The van der Waals surface area contributed by atoms with E-state index in [9.17, 15) is 18.0 Å². The van der Waals surface area contributed by atoms with E-state index in [0.717, 1.165) is 12.0 Å². The minimum absolute atomic E-state index is 0.000812. The number of carbonyl (C=O) groups excluding carboxylic acids is 2. The fourth-order valence-electron chi connectivity index (χ4n) is 3.64. The van der Waals surface area contributed by atoms with Gasteiger partial charge in [-0.2, -0.15) is 0 Å². The van der Waals surface area contributed by atoms with Crippen LogP contribution in [-0.2, 0) is 26.2 Å². The molecule has 0 spiro atoms. The average molecular weight is 522 g/mol. The third-order valence-electron chi connectivity index (χ3n) is 5.97. The Labute approximate surface area is 214 Å². The van der Waals surface area contributed by atoms with Crippen LogP contribution in [0, 0.1) is 0 Å². The third-order valence-corrected chi connectivity index (χ3v) is 8.09. The lowest BCUT2D eigenvalue weighted by Gasteiger charge is -2.31. The minimum Gasteiger partial charge on any atom is -0.352 e. The van der Waals surface area contributed by atoms with Crippen molar-refractivity contribution in [2.45, 2.75) is 70.0 Å². The van der Waals surface area contributed by atoms with Crippen molar-refractivity contribution in [1.82, 2.24) is 14.5 Å². The van der Waals surface area contributed by atoms with Gasteiger partial charge in [-0.3, -0.25) is 9.59 Å². The molecule has 0 aliphatic rings. The zero-order valence-electron chi connectivity index (χ0n) is 20.9. The lowest BCUT2D eigenvalue weighted by Crippen LogP contribution is -2.50. The molecule has 0 aliphatic heterocycles. The van der Waals surface area contributed by atoms with Gasteiger partial charge in [-0.15, -0.1) is 0 Å². The van der Waals surface area contributed by atoms with Crippen LogP contribution in [0.1, 0.15) is 52.0 Å². The Morgan fingerprint density at radius 2 is 1.63 bits per heavy atom. The van der Waals surface area contributed by atoms with Gasteiger partial charge in [0, 0.05) is 37.6 Å². The first-order valence-electron chi connectivity index (χ1n) is 12.0. The second kappa shape index (κ2) is 13.6. The molecule has 35 heavy (non-hydrogen) atoms. The number of halogens is 1. The van der Waals surface area contributed by atoms with E-state index in [0.29, 0.717) is 17.9 Å². The highest BCUT2D eigenvalue weighted by Crippen LogP contribution is 2.18. The molecule has 0 bridgehead atoms. The highest BCUT2D eigenvalue weighted by atomic mass is 35.5. The number of nitrogens with zero attached hydrogens (tertiary/aromatic N) is 2. The van der Waals surface area contributed by atoms with Gasteiger partial charge >= 0.3 is 0 Å². The molecule has 2 aromatic carbocycles. The van der Waals surface area contributed by atoms with Crippen molar-refractivity contribution >= 4 is 33.4 Å². The Morgan fingerprint density at radius 1 is 1.00 bits per heavy atom. The summed E-state index contributed by atoms with van der Waals surface area (Å²) in [5.74, 6) is -0.385. The van der Waals surface area contributed by atoms with Gasteiger partial charge in [0.05, 0.1) is 4.90 Å². The largest absolute Gasteiger partial charge is 0.352 e. The van der Waals surface area contributed by atoms with Gasteiger partial charge in [0.1, 0.15) is 6.04 Å². The molecular weight excluding hydrogens is 486 g/mol. The van der Waals surface area contributed by atoms with Crippen molar-refractivity contribution in [3.63, 3.8) is 0 Å². The first-order chi connectivity index (χ1) is 16.6. The summed E-state index contributed by atoms with van der Waals surface area (Å²) in [5, 5.41) is 3.58. The Hall–Kier alpha value is -2.42. The van der Waals surface area contributed by atoms with E-state index in [1.807, 2.05) is 32.9 Å². The predicted octanol–water partition coefficient (Wildman–Crippen LogP) is 4.46. The molecule has 0 saturated carbocycles. The normalized spacial score (nSPS) is 13.3. The van der Waals surface area contributed by atoms with E-state index in [-0.39, 0.29) is 42.3 Å². The smallest absolute Gasteiger partial charge is 0.243 e. The Morgan fingerprint density at radius 3 is 2.20 bits per heavy atom. The van der Waals surface area contributed by atoms with Crippen LogP contribution in [0.15, 0.2) is 59.5 Å². The second-order valence-corrected chi connectivity index (χ2v) is 11.1. The van der Waals surface area contributed by atoms with Crippen molar-refractivity contribution in [3.05, 3.63) is 65.2 Å². The van der Waals surface area contributed by atoms with Crippen molar-refractivity contribution in [3.8, 4) is 0 Å². The maximum atomic E-state index is 13.3. The molecule has 7 nitrogen and oxygen atoms in total. The van der Waals surface area contributed by atoms with Crippen molar-refractivity contribution in [2.24, 2.45) is 0 Å². The molecule has 2 atom stereocenters. The van der Waals surface area contributed by atoms with Crippen molar-refractivity contribution in [1.29, 1.82) is 0 Å². The van der Waals surface area contributed by atoms with Gasteiger partial charge in [0.15, 0.2) is 0 Å². The molecule has 9 heteroatoms. The van der Waals surface area contributed by atoms with E-state index < -0.39 is 16.1 Å². The van der Waals surface area contributed by atoms with Gasteiger partial charge in [-0.05, 0) is 56.0 Å². The fourth-order valence-corrected chi connectivity index (χ4v) is 4.99. The first kappa shape index (κ1) is 28.8. The van der Waals surface area contributed by atoms with Gasteiger partial charge in [0.25, 0.3) is 0 Å². The van der Waals surface area contributed by atoms with E-state index in [4.69, 9.17) is 11.6 Å². The lowest BCUT2D eigenvalue weighted by molar-refractivity contribution is -0.141. The summed E-state index contributed by atoms with van der Waals surface area (Å²) in [5.41, 5.74) is 0.862.